The standard InChI is InChI=1S/C31H28F3N3O4S/c1-5-7-28-36-29(30(40-28)21-10-13-24(14-11-21)41-31(32,33)34)26-17-23(22-8-6-9-25(16-22)42(4,38)39)12-15-27(26)37-18-19(2)35-20(37)3/h6,8-18H,5,7H2,1-4H3. The Labute approximate surface area is 241 Å². The highest BCUT2D eigenvalue weighted by Gasteiger charge is 2.31. The minimum atomic E-state index is -4.81. The van der Waals surface area contributed by atoms with Gasteiger partial charge in [-0.3, -0.25) is 0 Å². The number of halogens is 3. The summed E-state index contributed by atoms with van der Waals surface area (Å²) < 4.78 is 74.9. The van der Waals surface area contributed by atoms with Crippen LogP contribution in [-0.2, 0) is 16.3 Å². The lowest BCUT2D eigenvalue weighted by Crippen LogP contribution is -2.16. The first-order valence-electron chi connectivity index (χ1n) is 13.2. The van der Waals surface area contributed by atoms with Crippen LogP contribution in [0.4, 0.5) is 13.2 Å². The molecule has 218 valence electrons. The van der Waals surface area contributed by atoms with E-state index in [0.29, 0.717) is 40.5 Å². The van der Waals surface area contributed by atoms with Gasteiger partial charge in [0.2, 0.25) is 0 Å². The van der Waals surface area contributed by atoms with Crippen LogP contribution in [0.15, 0.2) is 82.2 Å². The number of hydrogen-bond donors (Lipinski definition) is 0. The number of rotatable bonds is 8. The van der Waals surface area contributed by atoms with E-state index in [1.807, 2.05) is 55.8 Å². The Bertz CT molecular complexity index is 1860. The lowest BCUT2D eigenvalue weighted by molar-refractivity contribution is -0.274. The van der Waals surface area contributed by atoms with Crippen molar-refractivity contribution in [1.82, 2.24) is 14.5 Å². The number of ether oxygens (including phenoxy) is 1. The first kappa shape index (κ1) is 29.1. The third-order valence-electron chi connectivity index (χ3n) is 6.59. The van der Waals surface area contributed by atoms with Gasteiger partial charge in [0.05, 0.1) is 16.3 Å². The Hall–Kier alpha value is -4.38. The predicted octanol–water partition coefficient (Wildman–Crippen LogP) is 7.73. The van der Waals surface area contributed by atoms with Crippen LogP contribution < -0.4 is 4.74 Å². The maximum Gasteiger partial charge on any atom is 0.573 e. The highest BCUT2D eigenvalue weighted by atomic mass is 32.2. The summed E-state index contributed by atoms with van der Waals surface area (Å²) in [5.41, 5.74) is 4.69. The minimum Gasteiger partial charge on any atom is -0.440 e. The van der Waals surface area contributed by atoms with Crippen molar-refractivity contribution in [1.29, 1.82) is 0 Å². The van der Waals surface area contributed by atoms with Crippen molar-refractivity contribution in [3.63, 3.8) is 0 Å². The van der Waals surface area contributed by atoms with Crippen LogP contribution >= 0.6 is 0 Å². The second-order valence-corrected chi connectivity index (χ2v) is 12.0. The average Bonchev–Trinajstić information content (AvgIpc) is 3.49. The molecule has 0 aliphatic carbocycles. The molecule has 5 rings (SSSR count). The van der Waals surface area contributed by atoms with Crippen LogP contribution in [0.3, 0.4) is 0 Å². The van der Waals surface area contributed by atoms with Gasteiger partial charge in [-0.25, -0.2) is 18.4 Å². The minimum absolute atomic E-state index is 0.195. The van der Waals surface area contributed by atoms with Crippen molar-refractivity contribution in [2.24, 2.45) is 0 Å². The molecule has 42 heavy (non-hydrogen) atoms. The topological polar surface area (TPSA) is 87.2 Å². The van der Waals surface area contributed by atoms with E-state index in [9.17, 15) is 21.6 Å². The molecule has 0 bridgehead atoms. The molecule has 0 aliphatic heterocycles. The number of nitrogens with zero attached hydrogens (tertiary/aromatic N) is 3. The molecule has 11 heteroatoms. The van der Waals surface area contributed by atoms with E-state index in [0.717, 1.165) is 35.4 Å². The molecule has 0 N–H and O–H groups in total. The summed E-state index contributed by atoms with van der Waals surface area (Å²) in [4.78, 5) is 9.57. The summed E-state index contributed by atoms with van der Waals surface area (Å²) >= 11 is 0. The monoisotopic (exact) mass is 595 g/mol. The number of benzene rings is 3. The molecule has 3 aromatic carbocycles. The Morgan fingerprint density at radius 2 is 1.62 bits per heavy atom. The fraction of sp³-hybridized carbons (Fsp3) is 0.226. The highest BCUT2D eigenvalue weighted by Crippen LogP contribution is 2.39. The molecule has 0 saturated carbocycles. The molecular formula is C31H28F3N3O4S. The number of oxazole rings is 1. The number of imidazole rings is 1. The maximum atomic E-state index is 12.8. The third-order valence-corrected chi connectivity index (χ3v) is 7.71. The van der Waals surface area contributed by atoms with Crippen LogP contribution in [0.5, 0.6) is 5.75 Å². The molecule has 0 unspecified atom stereocenters. The predicted molar refractivity (Wildman–Crippen MR) is 153 cm³/mol. The van der Waals surface area contributed by atoms with Crippen molar-refractivity contribution in [3.05, 3.63) is 90.3 Å². The van der Waals surface area contributed by atoms with E-state index >= 15 is 0 Å². The summed E-state index contributed by atoms with van der Waals surface area (Å²) in [6, 6.07) is 17.8. The Morgan fingerprint density at radius 1 is 0.929 bits per heavy atom. The lowest BCUT2D eigenvalue weighted by atomic mass is 9.98. The van der Waals surface area contributed by atoms with E-state index in [1.165, 1.54) is 24.3 Å². The number of hydrogen-bond acceptors (Lipinski definition) is 6. The van der Waals surface area contributed by atoms with Gasteiger partial charge in [0, 0.05) is 30.0 Å². The van der Waals surface area contributed by atoms with Crippen molar-refractivity contribution in [3.8, 4) is 45.1 Å². The van der Waals surface area contributed by atoms with Gasteiger partial charge in [0.15, 0.2) is 21.5 Å². The fourth-order valence-corrected chi connectivity index (χ4v) is 5.42. The smallest absolute Gasteiger partial charge is 0.440 e. The zero-order valence-corrected chi connectivity index (χ0v) is 24.2. The summed E-state index contributed by atoms with van der Waals surface area (Å²) in [6.07, 6.45) is -0.432. The van der Waals surface area contributed by atoms with Gasteiger partial charge in [-0.05, 0) is 79.9 Å². The Balaban J connectivity index is 1.72. The van der Waals surface area contributed by atoms with Crippen molar-refractivity contribution in [2.45, 2.75) is 44.9 Å². The summed E-state index contributed by atoms with van der Waals surface area (Å²) in [5.74, 6) is 1.26. The summed E-state index contributed by atoms with van der Waals surface area (Å²) in [7, 11) is -3.43. The maximum absolute atomic E-state index is 12.8. The van der Waals surface area contributed by atoms with Gasteiger partial charge in [-0.15, -0.1) is 13.2 Å². The van der Waals surface area contributed by atoms with E-state index in [1.54, 1.807) is 18.2 Å². The van der Waals surface area contributed by atoms with E-state index in [2.05, 4.69) is 9.72 Å². The zero-order valence-electron chi connectivity index (χ0n) is 23.4. The Morgan fingerprint density at radius 3 is 2.24 bits per heavy atom. The molecular weight excluding hydrogens is 567 g/mol. The van der Waals surface area contributed by atoms with E-state index in [4.69, 9.17) is 9.40 Å². The number of aromatic nitrogens is 3. The summed E-state index contributed by atoms with van der Waals surface area (Å²) in [6.45, 7) is 5.76. The third kappa shape index (κ3) is 6.25. The lowest BCUT2D eigenvalue weighted by Gasteiger charge is -2.14. The van der Waals surface area contributed by atoms with E-state index in [-0.39, 0.29) is 10.6 Å². The van der Waals surface area contributed by atoms with Gasteiger partial charge in [0.25, 0.3) is 0 Å². The SMILES string of the molecule is CCCc1nc(-c2cc(-c3cccc(S(C)(=O)=O)c3)ccc2-n2cc(C)nc2C)c(-c2ccc(OC(F)(F)F)cc2)o1. The van der Waals surface area contributed by atoms with Gasteiger partial charge < -0.3 is 13.7 Å². The van der Waals surface area contributed by atoms with Crippen LogP contribution in [-0.4, -0.2) is 35.6 Å². The molecule has 0 radical (unpaired) electrons. The van der Waals surface area contributed by atoms with Crippen LogP contribution in [0.2, 0.25) is 0 Å². The van der Waals surface area contributed by atoms with Gasteiger partial charge in [-0.1, -0.05) is 25.1 Å². The normalized spacial score (nSPS) is 12.1. The van der Waals surface area contributed by atoms with Crippen molar-refractivity contribution < 1.29 is 30.7 Å². The van der Waals surface area contributed by atoms with Crippen LogP contribution in [0.25, 0.3) is 39.4 Å². The first-order chi connectivity index (χ1) is 19.8. The molecule has 0 fully saturated rings. The Kier molecular flexibility index (Phi) is 7.72. The zero-order chi connectivity index (χ0) is 30.2. The number of sulfone groups is 1. The van der Waals surface area contributed by atoms with Gasteiger partial charge in [-0.2, -0.15) is 0 Å². The molecule has 2 heterocycles. The van der Waals surface area contributed by atoms with E-state index < -0.39 is 16.2 Å². The summed E-state index contributed by atoms with van der Waals surface area (Å²) in [5, 5.41) is 0. The first-order valence-corrected chi connectivity index (χ1v) is 15.1. The van der Waals surface area contributed by atoms with Crippen LogP contribution in [0.1, 0.15) is 30.8 Å². The van der Waals surface area contributed by atoms with Gasteiger partial charge >= 0.3 is 6.36 Å². The molecule has 7 nitrogen and oxygen atoms in total. The molecule has 5 aromatic rings. The molecule has 0 amide bonds. The highest BCUT2D eigenvalue weighted by molar-refractivity contribution is 7.90. The average molecular weight is 596 g/mol. The second kappa shape index (κ2) is 11.1. The van der Waals surface area contributed by atoms with Crippen molar-refractivity contribution in [2.75, 3.05) is 6.26 Å². The molecule has 0 atom stereocenters. The quantitative estimate of drug-likeness (QED) is 0.182. The molecule has 2 aromatic heterocycles. The van der Waals surface area contributed by atoms with Gasteiger partial charge in [0.1, 0.15) is 17.3 Å². The van der Waals surface area contributed by atoms with Crippen molar-refractivity contribution >= 4 is 9.84 Å². The molecule has 0 spiro atoms. The number of alkyl halides is 3. The van der Waals surface area contributed by atoms with Crippen LogP contribution in [0, 0.1) is 13.8 Å². The molecule has 0 saturated heterocycles. The molecule has 0 aliphatic rings. The number of aryl methyl sites for hydroxylation is 3. The fourth-order valence-electron chi connectivity index (χ4n) is 4.76. The largest absolute Gasteiger partial charge is 0.573 e. The second-order valence-electron chi connectivity index (χ2n) is 9.94.